The van der Waals surface area contributed by atoms with E-state index in [1.807, 2.05) is 24.3 Å². The van der Waals surface area contributed by atoms with E-state index < -0.39 is 36.3 Å². The standard InChI is InChI=1S/C22H23NO7/c1-28-17-6-2-13(3-7-17)8-15-9-16(5-4-14(15)10-23)22-20(27)18(25)19(26)21(11-24,30-22)12-29-22/h2-7,9,18-20,24-27H,8,11-12H2,1H3. The minimum absolute atomic E-state index is 0.202. The number of methoxy groups -OCH3 is 1. The summed E-state index contributed by atoms with van der Waals surface area (Å²) in [4.78, 5) is 0. The Kier molecular flexibility index (Phi) is 5.28. The van der Waals surface area contributed by atoms with Crippen LogP contribution in [0.5, 0.6) is 5.75 Å². The molecule has 2 aromatic carbocycles. The SMILES string of the molecule is COc1ccc(Cc2cc(C34OCC(CO)(O3)C(O)C(O)C4O)ccc2C#N)cc1. The molecule has 8 heteroatoms. The lowest BCUT2D eigenvalue weighted by Crippen LogP contribution is -2.65. The maximum atomic E-state index is 10.7. The molecule has 2 heterocycles. The molecule has 5 unspecified atom stereocenters. The summed E-state index contributed by atoms with van der Waals surface area (Å²) in [5.74, 6) is -1.04. The second kappa shape index (κ2) is 7.63. The Morgan fingerprint density at radius 2 is 1.87 bits per heavy atom. The molecule has 2 aliphatic heterocycles. The van der Waals surface area contributed by atoms with Gasteiger partial charge in [-0.05, 0) is 41.8 Å². The van der Waals surface area contributed by atoms with E-state index in [-0.39, 0.29) is 6.61 Å². The van der Waals surface area contributed by atoms with Gasteiger partial charge in [0.05, 0.1) is 32.0 Å². The number of rotatable bonds is 5. The molecule has 4 N–H and O–H groups in total. The van der Waals surface area contributed by atoms with Crippen molar-refractivity contribution in [1.82, 2.24) is 0 Å². The van der Waals surface area contributed by atoms with Gasteiger partial charge in [-0.2, -0.15) is 5.26 Å². The fourth-order valence-corrected chi connectivity index (χ4v) is 4.10. The summed E-state index contributed by atoms with van der Waals surface area (Å²) >= 11 is 0. The van der Waals surface area contributed by atoms with E-state index in [2.05, 4.69) is 6.07 Å². The predicted molar refractivity (Wildman–Crippen MR) is 104 cm³/mol. The van der Waals surface area contributed by atoms with Crippen LogP contribution in [0.4, 0.5) is 0 Å². The molecule has 0 aromatic heterocycles. The Morgan fingerprint density at radius 1 is 1.13 bits per heavy atom. The van der Waals surface area contributed by atoms with Crippen LogP contribution in [0.15, 0.2) is 42.5 Å². The number of nitriles is 1. The molecule has 8 nitrogen and oxygen atoms in total. The minimum atomic E-state index is -1.76. The van der Waals surface area contributed by atoms with E-state index in [9.17, 15) is 25.7 Å². The van der Waals surface area contributed by atoms with E-state index >= 15 is 0 Å². The van der Waals surface area contributed by atoms with Gasteiger partial charge in [-0.25, -0.2) is 0 Å². The lowest BCUT2D eigenvalue weighted by molar-refractivity contribution is -0.329. The third-order valence-electron chi connectivity index (χ3n) is 5.91. The first-order valence-electron chi connectivity index (χ1n) is 9.55. The first-order chi connectivity index (χ1) is 14.4. The number of hydrogen-bond acceptors (Lipinski definition) is 8. The molecule has 2 fully saturated rings. The molecule has 2 saturated heterocycles. The zero-order chi connectivity index (χ0) is 21.5. The summed E-state index contributed by atoms with van der Waals surface area (Å²) < 4.78 is 16.8. The quantitative estimate of drug-likeness (QED) is 0.546. The van der Waals surface area contributed by atoms with Gasteiger partial charge < -0.3 is 34.6 Å². The number of benzene rings is 2. The monoisotopic (exact) mass is 413 g/mol. The largest absolute Gasteiger partial charge is 0.497 e. The average Bonchev–Trinajstić information content (AvgIpc) is 3.17. The zero-order valence-corrected chi connectivity index (χ0v) is 16.4. The fourth-order valence-electron chi connectivity index (χ4n) is 4.10. The van der Waals surface area contributed by atoms with Gasteiger partial charge >= 0.3 is 0 Å². The fraction of sp³-hybridized carbons (Fsp3) is 0.409. The summed E-state index contributed by atoms with van der Waals surface area (Å²) in [6.07, 6.45) is -4.24. The van der Waals surface area contributed by atoms with Crippen LogP contribution in [-0.4, -0.2) is 64.7 Å². The second-order valence-electron chi connectivity index (χ2n) is 7.67. The van der Waals surface area contributed by atoms with Gasteiger partial charge in [0.1, 0.15) is 29.7 Å². The number of fused-ring (bicyclic) bond motifs is 2. The van der Waals surface area contributed by atoms with Gasteiger partial charge in [-0.1, -0.05) is 18.2 Å². The Hall–Kier alpha value is -2.51. The Balaban J connectivity index is 1.73. The minimum Gasteiger partial charge on any atom is -0.497 e. The van der Waals surface area contributed by atoms with Crippen LogP contribution >= 0.6 is 0 Å². The van der Waals surface area contributed by atoms with Crippen molar-refractivity contribution in [3.8, 4) is 11.8 Å². The molecule has 0 spiro atoms. The number of aliphatic hydroxyl groups is 4. The van der Waals surface area contributed by atoms with Crippen LogP contribution in [-0.2, 0) is 21.7 Å². The lowest BCUT2D eigenvalue weighted by Gasteiger charge is -2.46. The van der Waals surface area contributed by atoms with Crippen LogP contribution in [0.3, 0.4) is 0 Å². The molecule has 30 heavy (non-hydrogen) atoms. The highest BCUT2D eigenvalue weighted by Gasteiger charge is 2.67. The van der Waals surface area contributed by atoms with Crippen molar-refractivity contribution in [1.29, 1.82) is 5.26 Å². The van der Waals surface area contributed by atoms with Crippen molar-refractivity contribution in [2.45, 2.75) is 36.1 Å². The number of hydrogen-bond donors (Lipinski definition) is 4. The Morgan fingerprint density at radius 3 is 2.50 bits per heavy atom. The van der Waals surface area contributed by atoms with Crippen molar-refractivity contribution in [2.24, 2.45) is 0 Å². The van der Waals surface area contributed by atoms with Crippen LogP contribution in [0.2, 0.25) is 0 Å². The van der Waals surface area contributed by atoms with Crippen molar-refractivity contribution in [3.05, 3.63) is 64.7 Å². The maximum Gasteiger partial charge on any atom is 0.225 e. The van der Waals surface area contributed by atoms with E-state index in [1.165, 1.54) is 0 Å². The molecule has 0 saturated carbocycles. The number of nitrogens with zero attached hydrogens (tertiary/aromatic N) is 1. The van der Waals surface area contributed by atoms with Crippen LogP contribution in [0.1, 0.15) is 22.3 Å². The summed E-state index contributed by atoms with van der Waals surface area (Å²) in [6, 6.07) is 14.4. The Bertz CT molecular complexity index is 972. The summed E-state index contributed by atoms with van der Waals surface area (Å²) in [7, 11) is 1.58. The van der Waals surface area contributed by atoms with Gasteiger partial charge in [0, 0.05) is 5.56 Å². The van der Waals surface area contributed by atoms with Gasteiger partial charge in [0.2, 0.25) is 5.79 Å². The molecule has 5 atom stereocenters. The summed E-state index contributed by atoms with van der Waals surface area (Å²) in [6.45, 7) is -0.790. The van der Waals surface area contributed by atoms with E-state index in [0.29, 0.717) is 23.1 Å². The zero-order valence-electron chi connectivity index (χ0n) is 16.4. The molecule has 4 rings (SSSR count). The van der Waals surface area contributed by atoms with E-state index in [0.717, 1.165) is 11.3 Å². The number of aliphatic hydroxyl groups excluding tert-OH is 4. The first-order valence-corrected chi connectivity index (χ1v) is 9.55. The van der Waals surface area contributed by atoms with Crippen molar-refractivity contribution in [2.75, 3.05) is 20.3 Å². The molecule has 158 valence electrons. The third-order valence-corrected chi connectivity index (χ3v) is 5.91. The first kappa shape index (κ1) is 20.8. The van der Waals surface area contributed by atoms with Crippen molar-refractivity contribution < 1.29 is 34.6 Å². The summed E-state index contributed by atoms with van der Waals surface area (Å²) in [5.41, 5.74) is 0.917. The molecular weight excluding hydrogens is 390 g/mol. The third kappa shape index (κ3) is 3.08. The predicted octanol–water partition coefficient (Wildman–Crippen LogP) is 0.185. The van der Waals surface area contributed by atoms with Crippen molar-refractivity contribution >= 4 is 0 Å². The molecule has 0 aliphatic carbocycles. The molecule has 2 bridgehead atoms. The summed E-state index contributed by atoms with van der Waals surface area (Å²) in [5, 5.41) is 50.7. The van der Waals surface area contributed by atoms with Crippen molar-refractivity contribution in [3.63, 3.8) is 0 Å². The van der Waals surface area contributed by atoms with Crippen LogP contribution in [0, 0.1) is 11.3 Å². The second-order valence-corrected chi connectivity index (χ2v) is 7.67. The van der Waals surface area contributed by atoms with Crippen LogP contribution < -0.4 is 4.74 Å². The van der Waals surface area contributed by atoms with Gasteiger partial charge in [0.15, 0.2) is 0 Å². The molecule has 0 amide bonds. The number of ether oxygens (including phenoxy) is 3. The highest BCUT2D eigenvalue weighted by atomic mass is 16.8. The van der Waals surface area contributed by atoms with Crippen LogP contribution in [0.25, 0.3) is 0 Å². The van der Waals surface area contributed by atoms with Gasteiger partial charge in [-0.15, -0.1) is 0 Å². The smallest absolute Gasteiger partial charge is 0.225 e. The van der Waals surface area contributed by atoms with E-state index in [1.54, 1.807) is 25.3 Å². The van der Waals surface area contributed by atoms with E-state index in [4.69, 9.17) is 14.2 Å². The highest BCUT2D eigenvalue weighted by molar-refractivity contribution is 5.45. The maximum absolute atomic E-state index is 10.7. The molecule has 2 aromatic rings. The van der Waals surface area contributed by atoms with Gasteiger partial charge in [-0.3, -0.25) is 0 Å². The molecule has 0 radical (unpaired) electrons. The topological polar surface area (TPSA) is 132 Å². The Labute approximate surface area is 173 Å². The lowest BCUT2D eigenvalue weighted by atomic mass is 9.83. The molecular formula is C22H23NO7. The highest BCUT2D eigenvalue weighted by Crippen LogP contribution is 2.49. The normalized spacial score (nSPS) is 32.6. The molecule has 2 aliphatic rings. The van der Waals surface area contributed by atoms with Gasteiger partial charge in [0.25, 0.3) is 0 Å². The average molecular weight is 413 g/mol.